The van der Waals surface area contributed by atoms with Crippen LogP contribution in [0.2, 0.25) is 0 Å². The van der Waals surface area contributed by atoms with E-state index in [1.807, 2.05) is 17.1 Å². The van der Waals surface area contributed by atoms with Crippen molar-refractivity contribution < 1.29 is 0 Å². The van der Waals surface area contributed by atoms with Gasteiger partial charge >= 0.3 is 0 Å². The van der Waals surface area contributed by atoms with E-state index in [4.69, 9.17) is 4.98 Å². The van der Waals surface area contributed by atoms with Crippen molar-refractivity contribution in [1.29, 1.82) is 0 Å². The molecule has 108 valence electrons. The van der Waals surface area contributed by atoms with Crippen LogP contribution in [-0.2, 0) is 0 Å². The predicted octanol–water partition coefficient (Wildman–Crippen LogP) is 4.07. The van der Waals surface area contributed by atoms with Crippen LogP contribution in [0.15, 0.2) is 17.6 Å². The topological polar surface area (TPSA) is 43.6 Å². The lowest BCUT2D eigenvalue weighted by atomic mass is 9.97. The molecule has 0 spiro atoms. The van der Waals surface area contributed by atoms with Crippen molar-refractivity contribution in [3.8, 4) is 11.3 Å². The number of nitrogens with zero attached hydrogens (tertiary/aromatic N) is 4. The summed E-state index contributed by atoms with van der Waals surface area (Å²) in [5.41, 5.74) is 4.37. The Morgan fingerprint density at radius 3 is 2.35 bits per heavy atom. The van der Waals surface area contributed by atoms with Crippen LogP contribution in [0.4, 0.5) is 0 Å². The first kappa shape index (κ1) is 15.0. The molecule has 0 aromatic carbocycles. The van der Waals surface area contributed by atoms with Gasteiger partial charge in [0.2, 0.25) is 0 Å². The van der Waals surface area contributed by atoms with Gasteiger partial charge in [-0.2, -0.15) is 5.10 Å². The number of hydrogen-bond acceptors (Lipinski definition) is 4. The van der Waals surface area contributed by atoms with Gasteiger partial charge in [0.15, 0.2) is 5.16 Å². The monoisotopic (exact) mass is 290 g/mol. The minimum atomic E-state index is 0.356. The molecular formula is C15H22N4S. The Morgan fingerprint density at radius 1 is 1.15 bits per heavy atom. The molecule has 0 N–H and O–H groups in total. The normalized spacial score (nSPS) is 11.6. The molecule has 0 saturated carbocycles. The standard InChI is InChI=1S/C15H22N4S/c1-9(2)13-11(5)17-15(20-6)18-14(13)12-7-16-19(8-12)10(3)4/h7-10H,1-6H3. The summed E-state index contributed by atoms with van der Waals surface area (Å²) in [6, 6.07) is 0.356. The molecule has 0 atom stereocenters. The third-order valence-electron chi connectivity index (χ3n) is 3.28. The van der Waals surface area contributed by atoms with Gasteiger partial charge in [0.25, 0.3) is 0 Å². The minimum absolute atomic E-state index is 0.356. The van der Waals surface area contributed by atoms with Crippen LogP contribution >= 0.6 is 11.8 Å². The number of aromatic nitrogens is 4. The maximum absolute atomic E-state index is 4.71. The number of aryl methyl sites for hydroxylation is 1. The van der Waals surface area contributed by atoms with Crippen molar-refractivity contribution in [1.82, 2.24) is 19.7 Å². The fourth-order valence-electron chi connectivity index (χ4n) is 2.30. The van der Waals surface area contributed by atoms with Gasteiger partial charge in [0.1, 0.15) is 0 Å². The first-order valence-corrected chi connectivity index (χ1v) is 8.13. The lowest BCUT2D eigenvalue weighted by Crippen LogP contribution is -2.04. The third-order valence-corrected chi connectivity index (χ3v) is 3.83. The molecule has 0 aliphatic heterocycles. The molecule has 4 nitrogen and oxygen atoms in total. The lowest BCUT2D eigenvalue weighted by molar-refractivity contribution is 0.532. The molecule has 0 fully saturated rings. The maximum Gasteiger partial charge on any atom is 0.188 e. The molecule has 2 rings (SSSR count). The summed E-state index contributed by atoms with van der Waals surface area (Å²) in [6.45, 7) is 10.7. The average molecular weight is 290 g/mol. The Morgan fingerprint density at radius 2 is 1.85 bits per heavy atom. The Balaban J connectivity index is 2.60. The van der Waals surface area contributed by atoms with Gasteiger partial charge in [0.05, 0.1) is 11.9 Å². The molecule has 2 aromatic rings. The Hall–Kier alpha value is -1.36. The van der Waals surface area contributed by atoms with Crippen LogP contribution in [-0.4, -0.2) is 26.0 Å². The van der Waals surface area contributed by atoms with Gasteiger partial charge in [-0.05, 0) is 32.9 Å². The van der Waals surface area contributed by atoms with Gasteiger partial charge in [-0.1, -0.05) is 25.6 Å². The van der Waals surface area contributed by atoms with E-state index in [-0.39, 0.29) is 0 Å². The second kappa shape index (κ2) is 5.95. The first-order chi connectivity index (χ1) is 9.43. The molecule has 0 aliphatic carbocycles. The fourth-order valence-corrected chi connectivity index (χ4v) is 2.71. The molecule has 2 aromatic heterocycles. The van der Waals surface area contributed by atoms with E-state index in [1.54, 1.807) is 11.8 Å². The summed E-state index contributed by atoms with van der Waals surface area (Å²) in [6.07, 6.45) is 5.98. The molecule has 2 heterocycles. The van der Waals surface area contributed by atoms with Gasteiger partial charge in [-0.3, -0.25) is 4.68 Å². The largest absolute Gasteiger partial charge is 0.270 e. The van der Waals surface area contributed by atoms with E-state index >= 15 is 0 Å². The SMILES string of the molecule is CSc1nc(C)c(C(C)C)c(-c2cnn(C(C)C)c2)n1. The quantitative estimate of drug-likeness (QED) is 0.629. The Kier molecular flexibility index (Phi) is 4.48. The van der Waals surface area contributed by atoms with E-state index in [0.717, 1.165) is 22.1 Å². The van der Waals surface area contributed by atoms with E-state index in [9.17, 15) is 0 Å². The van der Waals surface area contributed by atoms with Crippen LogP contribution in [0, 0.1) is 6.92 Å². The summed E-state index contributed by atoms with van der Waals surface area (Å²) in [4.78, 5) is 9.28. The van der Waals surface area contributed by atoms with E-state index in [0.29, 0.717) is 12.0 Å². The zero-order valence-electron chi connectivity index (χ0n) is 13.0. The summed E-state index contributed by atoms with van der Waals surface area (Å²) >= 11 is 1.58. The number of hydrogen-bond donors (Lipinski definition) is 0. The van der Waals surface area contributed by atoms with Crippen LogP contribution < -0.4 is 0 Å². The van der Waals surface area contributed by atoms with Crippen LogP contribution in [0.1, 0.15) is 50.9 Å². The highest BCUT2D eigenvalue weighted by Crippen LogP contribution is 2.31. The summed E-state index contributed by atoms with van der Waals surface area (Å²) < 4.78 is 1.97. The zero-order chi connectivity index (χ0) is 14.9. The zero-order valence-corrected chi connectivity index (χ0v) is 13.8. The Bertz CT molecular complexity index is 602. The third kappa shape index (κ3) is 2.87. The van der Waals surface area contributed by atoms with Crippen LogP contribution in [0.3, 0.4) is 0 Å². The second-order valence-corrected chi connectivity index (χ2v) is 6.29. The highest BCUT2D eigenvalue weighted by Gasteiger charge is 2.17. The molecule has 0 bridgehead atoms. The van der Waals surface area contributed by atoms with Crippen LogP contribution in [0.5, 0.6) is 0 Å². The molecule has 20 heavy (non-hydrogen) atoms. The van der Waals surface area contributed by atoms with Crippen molar-refractivity contribution in [3.05, 3.63) is 23.7 Å². The Labute approximate surface area is 125 Å². The summed E-state index contributed by atoms with van der Waals surface area (Å²) in [7, 11) is 0. The highest BCUT2D eigenvalue weighted by molar-refractivity contribution is 7.98. The van der Waals surface area contributed by atoms with E-state index in [1.165, 1.54) is 5.56 Å². The second-order valence-electron chi connectivity index (χ2n) is 5.52. The van der Waals surface area contributed by atoms with Gasteiger partial charge in [0, 0.05) is 29.1 Å². The fraction of sp³-hybridized carbons (Fsp3) is 0.533. The van der Waals surface area contributed by atoms with Gasteiger partial charge in [-0.15, -0.1) is 0 Å². The van der Waals surface area contributed by atoms with Gasteiger partial charge < -0.3 is 0 Å². The molecule has 5 heteroatoms. The molecule has 0 amide bonds. The van der Waals surface area contributed by atoms with Crippen molar-refractivity contribution in [2.24, 2.45) is 0 Å². The van der Waals surface area contributed by atoms with E-state index in [2.05, 4.69) is 50.9 Å². The predicted molar refractivity (Wildman–Crippen MR) is 84.2 cm³/mol. The van der Waals surface area contributed by atoms with Gasteiger partial charge in [-0.25, -0.2) is 9.97 Å². The van der Waals surface area contributed by atoms with Crippen LogP contribution in [0.25, 0.3) is 11.3 Å². The number of rotatable bonds is 4. The molecule has 0 aliphatic rings. The first-order valence-electron chi connectivity index (χ1n) is 6.91. The van der Waals surface area contributed by atoms with Crippen molar-refractivity contribution in [2.75, 3.05) is 6.26 Å². The summed E-state index contributed by atoms with van der Waals surface area (Å²) in [5, 5.41) is 5.25. The summed E-state index contributed by atoms with van der Waals surface area (Å²) in [5.74, 6) is 0.392. The molecular weight excluding hydrogens is 268 g/mol. The smallest absolute Gasteiger partial charge is 0.188 e. The number of thioether (sulfide) groups is 1. The van der Waals surface area contributed by atoms with E-state index < -0.39 is 0 Å². The maximum atomic E-state index is 4.71. The minimum Gasteiger partial charge on any atom is -0.270 e. The van der Waals surface area contributed by atoms with Crippen molar-refractivity contribution in [2.45, 2.75) is 51.7 Å². The molecule has 0 saturated heterocycles. The molecule has 0 radical (unpaired) electrons. The average Bonchev–Trinajstić information content (AvgIpc) is 2.86. The lowest BCUT2D eigenvalue weighted by Gasteiger charge is -2.14. The molecule has 0 unspecified atom stereocenters. The van der Waals surface area contributed by atoms with Crippen molar-refractivity contribution >= 4 is 11.8 Å². The highest BCUT2D eigenvalue weighted by atomic mass is 32.2. The van der Waals surface area contributed by atoms with Crippen molar-refractivity contribution in [3.63, 3.8) is 0 Å².